The summed E-state index contributed by atoms with van der Waals surface area (Å²) in [7, 11) is 0. The van der Waals surface area contributed by atoms with Gasteiger partial charge in [-0.15, -0.1) is 11.3 Å². The molecule has 1 fully saturated rings. The van der Waals surface area contributed by atoms with E-state index in [0.29, 0.717) is 19.6 Å². The molecule has 0 radical (unpaired) electrons. The highest BCUT2D eigenvalue weighted by atomic mass is 32.1. The first-order chi connectivity index (χ1) is 13.0. The number of pyridine rings is 1. The van der Waals surface area contributed by atoms with Gasteiger partial charge >= 0.3 is 5.97 Å². The summed E-state index contributed by atoms with van der Waals surface area (Å²) in [5.41, 5.74) is 1.73. The van der Waals surface area contributed by atoms with Gasteiger partial charge in [0.1, 0.15) is 13.2 Å². The van der Waals surface area contributed by atoms with Crippen LogP contribution in [0.15, 0.2) is 34.4 Å². The highest BCUT2D eigenvalue weighted by Crippen LogP contribution is 2.36. The third kappa shape index (κ3) is 3.54. The third-order valence-electron chi connectivity index (χ3n) is 5.19. The average Bonchev–Trinajstić information content (AvgIpc) is 3.16. The van der Waals surface area contributed by atoms with Gasteiger partial charge < -0.3 is 19.3 Å². The van der Waals surface area contributed by atoms with Crippen molar-refractivity contribution in [2.75, 3.05) is 26.3 Å². The molecule has 0 aliphatic carbocycles. The van der Waals surface area contributed by atoms with Gasteiger partial charge in [0.25, 0.3) is 5.56 Å². The largest absolute Gasteiger partial charge is 0.480 e. The predicted octanol–water partition coefficient (Wildman–Crippen LogP) is 1.62. The van der Waals surface area contributed by atoms with Gasteiger partial charge in [0.15, 0.2) is 0 Å². The molecule has 1 amide bonds. The predicted molar refractivity (Wildman–Crippen MR) is 99.9 cm³/mol. The first-order valence-corrected chi connectivity index (χ1v) is 9.76. The van der Waals surface area contributed by atoms with Crippen LogP contribution in [-0.2, 0) is 20.9 Å². The molecule has 7 nitrogen and oxygen atoms in total. The number of amides is 1. The first kappa shape index (κ1) is 17.9. The van der Waals surface area contributed by atoms with Crippen LogP contribution in [0.5, 0.6) is 0 Å². The van der Waals surface area contributed by atoms with Crippen LogP contribution in [0.1, 0.15) is 18.0 Å². The molecule has 2 aromatic rings. The molecule has 2 aliphatic heterocycles. The number of piperidine rings is 1. The van der Waals surface area contributed by atoms with Crippen molar-refractivity contribution in [1.29, 1.82) is 0 Å². The summed E-state index contributed by atoms with van der Waals surface area (Å²) in [6.07, 6.45) is 0.956. The summed E-state index contributed by atoms with van der Waals surface area (Å²) in [4.78, 5) is 38.5. The Labute approximate surface area is 159 Å². The fourth-order valence-corrected chi connectivity index (χ4v) is 4.83. The normalized spacial score (nSPS) is 21.0. The van der Waals surface area contributed by atoms with Crippen LogP contribution < -0.4 is 5.56 Å². The third-order valence-corrected chi connectivity index (χ3v) is 6.10. The molecule has 2 aromatic heterocycles. The van der Waals surface area contributed by atoms with Crippen molar-refractivity contribution in [1.82, 2.24) is 9.47 Å². The minimum absolute atomic E-state index is 0.0363. The molecule has 8 heteroatoms. The number of hydrogen-bond donors (Lipinski definition) is 1. The summed E-state index contributed by atoms with van der Waals surface area (Å²) >= 11 is 1.55. The lowest BCUT2D eigenvalue weighted by Gasteiger charge is -2.42. The van der Waals surface area contributed by atoms with Gasteiger partial charge in [-0.1, -0.05) is 6.07 Å². The molecular weight excluding hydrogens is 368 g/mol. The topological polar surface area (TPSA) is 88.8 Å². The standard InChI is InChI=1S/C19H20N2O5S/c22-17(10-26-11-18(23)24)20-7-12-6-13(9-20)15-4-3-14(16-2-1-5-27-16)19(25)21(15)8-12/h1-5,12-13H,6-11H2,(H,23,24)/t12-,13+/m0/s1. The lowest BCUT2D eigenvalue weighted by molar-refractivity contribution is -0.146. The van der Waals surface area contributed by atoms with Crippen molar-refractivity contribution in [3.05, 3.63) is 45.7 Å². The van der Waals surface area contributed by atoms with E-state index in [1.54, 1.807) is 16.2 Å². The molecule has 2 aliphatic rings. The van der Waals surface area contributed by atoms with E-state index in [2.05, 4.69) is 0 Å². The Bertz CT molecular complexity index is 921. The van der Waals surface area contributed by atoms with Crippen LogP contribution in [0, 0.1) is 5.92 Å². The Morgan fingerprint density at radius 3 is 2.78 bits per heavy atom. The summed E-state index contributed by atoms with van der Waals surface area (Å²) < 4.78 is 6.80. The molecule has 2 atom stereocenters. The van der Waals surface area contributed by atoms with E-state index < -0.39 is 12.6 Å². The van der Waals surface area contributed by atoms with Crippen LogP contribution >= 0.6 is 11.3 Å². The Morgan fingerprint density at radius 1 is 1.19 bits per heavy atom. The Balaban J connectivity index is 1.53. The van der Waals surface area contributed by atoms with Crippen molar-refractivity contribution in [2.45, 2.75) is 18.9 Å². The number of thiophene rings is 1. The number of rotatable bonds is 5. The maximum Gasteiger partial charge on any atom is 0.329 e. The van der Waals surface area contributed by atoms with Crippen molar-refractivity contribution in [3.63, 3.8) is 0 Å². The summed E-state index contributed by atoms with van der Waals surface area (Å²) in [6.45, 7) is 1.00. The number of likely N-dealkylation sites (tertiary alicyclic amines) is 1. The number of carboxylic acid groups (broad SMARTS) is 1. The molecule has 1 N–H and O–H groups in total. The van der Waals surface area contributed by atoms with Gasteiger partial charge in [0.05, 0.1) is 5.56 Å². The summed E-state index contributed by atoms with van der Waals surface area (Å²) in [5.74, 6) is -0.952. The van der Waals surface area contributed by atoms with E-state index in [0.717, 1.165) is 22.6 Å². The maximum atomic E-state index is 13.0. The zero-order chi connectivity index (χ0) is 19.0. The number of carbonyl (C=O) groups is 2. The smallest absolute Gasteiger partial charge is 0.329 e. The van der Waals surface area contributed by atoms with Gasteiger partial charge in [0, 0.05) is 36.1 Å². The number of carboxylic acids is 1. The van der Waals surface area contributed by atoms with E-state index in [9.17, 15) is 14.4 Å². The van der Waals surface area contributed by atoms with E-state index in [1.807, 2.05) is 34.2 Å². The lowest BCUT2D eigenvalue weighted by atomic mass is 9.83. The number of nitrogens with zero attached hydrogens (tertiary/aromatic N) is 2. The van der Waals surface area contributed by atoms with Gasteiger partial charge in [-0.2, -0.15) is 0 Å². The van der Waals surface area contributed by atoms with Gasteiger partial charge in [-0.25, -0.2) is 4.79 Å². The zero-order valence-corrected chi connectivity index (χ0v) is 15.5. The Hall–Kier alpha value is -2.45. The van der Waals surface area contributed by atoms with E-state index in [1.165, 1.54) is 0 Å². The molecule has 1 saturated heterocycles. The van der Waals surface area contributed by atoms with Crippen molar-refractivity contribution < 1.29 is 19.4 Å². The summed E-state index contributed by atoms with van der Waals surface area (Å²) in [6, 6.07) is 7.78. The number of aliphatic carboxylic acids is 1. The molecule has 142 valence electrons. The molecule has 4 heterocycles. The van der Waals surface area contributed by atoms with E-state index in [-0.39, 0.29) is 29.9 Å². The van der Waals surface area contributed by atoms with Crippen molar-refractivity contribution in [2.24, 2.45) is 5.92 Å². The van der Waals surface area contributed by atoms with E-state index >= 15 is 0 Å². The SMILES string of the molecule is O=C(O)COCC(=O)N1C[C@@H]2C[C@H](C1)c1ccc(-c3cccs3)c(=O)n1C2. The second kappa shape index (κ2) is 7.28. The second-order valence-electron chi connectivity index (χ2n) is 7.05. The lowest BCUT2D eigenvalue weighted by Crippen LogP contribution is -2.50. The highest BCUT2D eigenvalue weighted by molar-refractivity contribution is 7.13. The molecule has 4 rings (SSSR count). The van der Waals surface area contributed by atoms with Crippen LogP contribution in [-0.4, -0.2) is 52.8 Å². The molecule has 0 spiro atoms. The van der Waals surface area contributed by atoms with Crippen LogP contribution in [0.2, 0.25) is 0 Å². The minimum Gasteiger partial charge on any atom is -0.480 e. The molecule has 0 saturated carbocycles. The molecule has 2 bridgehead atoms. The van der Waals surface area contributed by atoms with Crippen LogP contribution in [0.3, 0.4) is 0 Å². The monoisotopic (exact) mass is 388 g/mol. The fourth-order valence-electron chi connectivity index (χ4n) is 4.09. The number of fused-ring (bicyclic) bond motifs is 4. The molecule has 0 aromatic carbocycles. The quantitative estimate of drug-likeness (QED) is 0.841. The molecule has 27 heavy (non-hydrogen) atoms. The van der Waals surface area contributed by atoms with Crippen molar-refractivity contribution >= 4 is 23.2 Å². The van der Waals surface area contributed by atoms with Crippen molar-refractivity contribution in [3.8, 4) is 10.4 Å². The molecular formula is C19H20N2O5S. The average molecular weight is 388 g/mol. The Kier molecular flexibility index (Phi) is 4.84. The second-order valence-corrected chi connectivity index (χ2v) is 8.00. The highest BCUT2D eigenvalue weighted by Gasteiger charge is 2.36. The number of ether oxygens (including phenoxy) is 1. The zero-order valence-electron chi connectivity index (χ0n) is 14.7. The van der Waals surface area contributed by atoms with Crippen LogP contribution in [0.25, 0.3) is 10.4 Å². The number of carbonyl (C=O) groups excluding carboxylic acids is 1. The minimum atomic E-state index is -1.09. The number of hydrogen-bond acceptors (Lipinski definition) is 5. The fraction of sp³-hybridized carbons (Fsp3) is 0.421. The van der Waals surface area contributed by atoms with Gasteiger partial charge in [-0.3, -0.25) is 9.59 Å². The maximum absolute atomic E-state index is 13.0. The van der Waals surface area contributed by atoms with Crippen LogP contribution in [0.4, 0.5) is 0 Å². The molecule has 0 unspecified atom stereocenters. The van der Waals surface area contributed by atoms with E-state index in [4.69, 9.17) is 9.84 Å². The first-order valence-electron chi connectivity index (χ1n) is 8.88. The van der Waals surface area contributed by atoms with Gasteiger partial charge in [-0.05, 0) is 35.9 Å². The van der Waals surface area contributed by atoms with Gasteiger partial charge in [0.2, 0.25) is 5.91 Å². The Morgan fingerprint density at radius 2 is 2.04 bits per heavy atom. The summed E-state index contributed by atoms with van der Waals surface area (Å²) in [5, 5.41) is 10.6. The number of aromatic nitrogens is 1.